The molecule has 2 atom stereocenters. The minimum Gasteiger partial charge on any atom is -0.0839 e. The maximum absolute atomic E-state index is 2.45. The Balaban J connectivity index is 1.24. The van der Waals surface area contributed by atoms with Crippen molar-refractivity contribution >= 4 is 27.1 Å². The molecular weight excluding hydrogens is 480 g/mol. The molecule has 0 nitrogen and oxygen atoms in total. The molecule has 0 fully saturated rings. The second-order valence-corrected chi connectivity index (χ2v) is 11.3. The molecule has 0 heterocycles. The highest BCUT2D eigenvalue weighted by Crippen LogP contribution is 2.50. The highest BCUT2D eigenvalue weighted by molar-refractivity contribution is 6.00. The molecule has 0 N–H and O–H groups in total. The Morgan fingerprint density at radius 2 is 1.27 bits per heavy atom. The van der Waals surface area contributed by atoms with Gasteiger partial charge in [-0.2, -0.15) is 0 Å². The van der Waals surface area contributed by atoms with Crippen molar-refractivity contribution in [2.75, 3.05) is 0 Å². The van der Waals surface area contributed by atoms with E-state index in [0.29, 0.717) is 11.8 Å². The van der Waals surface area contributed by atoms with Crippen LogP contribution in [-0.4, -0.2) is 0 Å². The topological polar surface area (TPSA) is 0 Å². The molecule has 2 aliphatic carbocycles. The fraction of sp³-hybridized carbons (Fsp3) is 0.100. The summed E-state index contributed by atoms with van der Waals surface area (Å²) in [4.78, 5) is 0. The first-order valence-electron chi connectivity index (χ1n) is 14.4. The van der Waals surface area contributed by atoms with Gasteiger partial charge in [0.15, 0.2) is 0 Å². The fourth-order valence-corrected chi connectivity index (χ4v) is 7.14. The van der Waals surface area contributed by atoms with Gasteiger partial charge < -0.3 is 0 Å². The van der Waals surface area contributed by atoms with E-state index in [-0.39, 0.29) is 0 Å². The van der Waals surface area contributed by atoms with Crippen molar-refractivity contribution in [2.24, 2.45) is 5.92 Å². The molecule has 2 aliphatic rings. The van der Waals surface area contributed by atoms with Gasteiger partial charge in [0.1, 0.15) is 0 Å². The van der Waals surface area contributed by atoms with E-state index in [1.165, 1.54) is 66.1 Å². The van der Waals surface area contributed by atoms with Crippen molar-refractivity contribution in [3.63, 3.8) is 0 Å². The normalized spacial score (nSPS) is 17.9. The number of hydrogen-bond acceptors (Lipinski definition) is 0. The monoisotopic (exact) mass is 510 g/mol. The predicted octanol–water partition coefficient (Wildman–Crippen LogP) is 10.6. The third-order valence-corrected chi connectivity index (χ3v) is 9.04. The molecule has 2 unspecified atom stereocenters. The van der Waals surface area contributed by atoms with Crippen molar-refractivity contribution in [3.05, 3.63) is 162 Å². The summed E-state index contributed by atoms with van der Waals surface area (Å²) in [5, 5.41) is 5.20. The zero-order valence-corrected chi connectivity index (χ0v) is 22.4. The van der Waals surface area contributed by atoms with Crippen LogP contribution in [0.3, 0.4) is 0 Å². The summed E-state index contributed by atoms with van der Waals surface area (Å²) in [7, 11) is 0. The zero-order chi connectivity index (χ0) is 26.5. The maximum atomic E-state index is 2.45. The van der Waals surface area contributed by atoms with Gasteiger partial charge in [0.25, 0.3) is 0 Å². The lowest BCUT2D eigenvalue weighted by Crippen LogP contribution is -2.24. The summed E-state index contributed by atoms with van der Waals surface area (Å²) >= 11 is 0. The van der Waals surface area contributed by atoms with E-state index in [1.54, 1.807) is 0 Å². The average Bonchev–Trinajstić information content (AvgIpc) is 3.03. The number of rotatable bonds is 3. The standard InChI is InChI=1S/C40H30/c1-2-12-29-24-31(23-22-27(29)10-1)30-14-7-15-32(25-30)39-26-33-16-9-21-38(40(33)37-19-6-5-18-36(37)39)35-20-8-13-28-11-3-4-17-34(28)35/h1-17,19-25,36,39H,18,26H2. The Hall–Kier alpha value is -4.68. The molecule has 190 valence electrons. The summed E-state index contributed by atoms with van der Waals surface area (Å²) in [6, 6.07) is 47.2. The summed E-state index contributed by atoms with van der Waals surface area (Å²) < 4.78 is 0. The zero-order valence-electron chi connectivity index (χ0n) is 22.4. The van der Waals surface area contributed by atoms with E-state index in [1.807, 2.05) is 0 Å². The highest BCUT2D eigenvalue weighted by Gasteiger charge is 2.35. The molecule has 0 bridgehead atoms. The molecule has 0 aromatic heterocycles. The van der Waals surface area contributed by atoms with Gasteiger partial charge in [-0.25, -0.2) is 0 Å². The summed E-state index contributed by atoms with van der Waals surface area (Å²) in [5.74, 6) is 0.923. The molecule has 0 saturated carbocycles. The van der Waals surface area contributed by atoms with Gasteiger partial charge in [0.2, 0.25) is 0 Å². The fourth-order valence-electron chi connectivity index (χ4n) is 7.14. The Morgan fingerprint density at radius 3 is 2.23 bits per heavy atom. The number of hydrogen-bond donors (Lipinski definition) is 0. The second kappa shape index (κ2) is 9.50. The minimum atomic E-state index is 0.451. The van der Waals surface area contributed by atoms with E-state index in [4.69, 9.17) is 0 Å². The summed E-state index contributed by atoms with van der Waals surface area (Å²) in [6.07, 6.45) is 9.16. The van der Waals surface area contributed by atoms with Crippen molar-refractivity contribution in [3.8, 4) is 22.3 Å². The van der Waals surface area contributed by atoms with Crippen LogP contribution < -0.4 is 0 Å². The molecule has 8 rings (SSSR count). The highest BCUT2D eigenvalue weighted by atomic mass is 14.4. The van der Waals surface area contributed by atoms with Gasteiger partial charge in [-0.1, -0.05) is 140 Å². The Bertz CT molecular complexity index is 1960. The molecule has 6 aromatic carbocycles. The van der Waals surface area contributed by atoms with E-state index >= 15 is 0 Å². The smallest absolute Gasteiger partial charge is 0.00490 e. The first-order chi connectivity index (χ1) is 19.8. The van der Waals surface area contributed by atoms with Crippen molar-refractivity contribution in [1.29, 1.82) is 0 Å². The number of benzene rings is 6. The SMILES string of the molecule is C1=CCC2C(=C1)c1c(cccc1-c1cccc3ccccc13)CC2c1cccc(-c2ccc3ccccc3c2)c1. The molecule has 0 amide bonds. The third kappa shape index (κ3) is 3.83. The largest absolute Gasteiger partial charge is 0.0839 e. The molecule has 6 aromatic rings. The summed E-state index contributed by atoms with van der Waals surface area (Å²) in [6.45, 7) is 0. The van der Waals surface area contributed by atoms with E-state index in [0.717, 1.165) is 12.8 Å². The molecule has 40 heavy (non-hydrogen) atoms. The molecule has 0 radical (unpaired) electrons. The first kappa shape index (κ1) is 23.2. The number of allylic oxidation sites excluding steroid dienone is 4. The van der Waals surface area contributed by atoms with Crippen molar-refractivity contribution in [1.82, 2.24) is 0 Å². The maximum Gasteiger partial charge on any atom is -0.00490 e. The third-order valence-electron chi connectivity index (χ3n) is 9.04. The van der Waals surface area contributed by atoms with Crippen LogP contribution >= 0.6 is 0 Å². The lowest BCUT2D eigenvalue weighted by molar-refractivity contribution is 0.504. The lowest BCUT2D eigenvalue weighted by Gasteiger charge is -2.38. The molecular formula is C40H30. The minimum absolute atomic E-state index is 0.451. The Morgan fingerprint density at radius 1 is 0.525 bits per heavy atom. The van der Waals surface area contributed by atoms with Crippen LogP contribution in [0.2, 0.25) is 0 Å². The summed E-state index contributed by atoms with van der Waals surface area (Å²) in [5.41, 5.74) is 11.1. The van der Waals surface area contributed by atoms with Crippen LogP contribution in [0.5, 0.6) is 0 Å². The van der Waals surface area contributed by atoms with Gasteiger partial charge in [-0.05, 0) is 96.8 Å². The molecule has 0 saturated heterocycles. The van der Waals surface area contributed by atoms with Crippen molar-refractivity contribution < 1.29 is 0 Å². The van der Waals surface area contributed by atoms with E-state index < -0.39 is 0 Å². The van der Waals surface area contributed by atoms with Gasteiger partial charge >= 0.3 is 0 Å². The van der Waals surface area contributed by atoms with Crippen LogP contribution in [0.1, 0.15) is 29.0 Å². The predicted molar refractivity (Wildman–Crippen MR) is 170 cm³/mol. The van der Waals surface area contributed by atoms with Crippen LogP contribution in [0.4, 0.5) is 0 Å². The van der Waals surface area contributed by atoms with E-state index in [2.05, 4.69) is 146 Å². The van der Waals surface area contributed by atoms with Crippen LogP contribution in [-0.2, 0) is 6.42 Å². The molecule has 0 heteroatoms. The van der Waals surface area contributed by atoms with Crippen LogP contribution in [0, 0.1) is 5.92 Å². The first-order valence-corrected chi connectivity index (χ1v) is 14.4. The Labute approximate surface area is 235 Å². The van der Waals surface area contributed by atoms with Gasteiger partial charge in [0.05, 0.1) is 0 Å². The lowest BCUT2D eigenvalue weighted by atomic mass is 9.66. The molecule has 0 spiro atoms. The van der Waals surface area contributed by atoms with Crippen LogP contribution in [0.25, 0.3) is 49.4 Å². The average molecular weight is 511 g/mol. The van der Waals surface area contributed by atoms with Crippen molar-refractivity contribution in [2.45, 2.75) is 18.8 Å². The quantitative estimate of drug-likeness (QED) is 0.222. The van der Waals surface area contributed by atoms with Gasteiger partial charge in [-0.3, -0.25) is 0 Å². The van der Waals surface area contributed by atoms with Crippen LogP contribution in [0.15, 0.2) is 146 Å². The molecule has 0 aliphatic heterocycles. The van der Waals surface area contributed by atoms with Gasteiger partial charge in [-0.15, -0.1) is 0 Å². The number of fused-ring (bicyclic) bond motifs is 5. The Kier molecular flexibility index (Phi) is 5.52. The van der Waals surface area contributed by atoms with Gasteiger partial charge in [0, 0.05) is 0 Å². The second-order valence-electron chi connectivity index (χ2n) is 11.3. The van der Waals surface area contributed by atoms with E-state index in [9.17, 15) is 0 Å².